The quantitative estimate of drug-likeness (QED) is 0.675. The minimum atomic E-state index is 0.717. The Labute approximate surface area is 121 Å². The zero-order valence-electron chi connectivity index (χ0n) is 10.6. The van der Waals surface area contributed by atoms with Crippen molar-refractivity contribution >= 4 is 22.1 Å². The minimum Gasteiger partial charge on any atom is -0.496 e. The second-order valence-corrected chi connectivity index (χ2v) is 4.83. The number of ether oxygens (including phenoxy) is 1. The maximum absolute atomic E-state index is 5.18. The van der Waals surface area contributed by atoms with Gasteiger partial charge in [-0.05, 0) is 45.3 Å². The predicted molar refractivity (Wildman–Crippen MR) is 81.6 cm³/mol. The van der Waals surface area contributed by atoms with Gasteiger partial charge in [0.25, 0.3) is 0 Å². The maximum Gasteiger partial charge on any atom is 0.133 e. The summed E-state index contributed by atoms with van der Waals surface area (Å²) in [6, 6.07) is 16.0. The number of hydrogen-bond donors (Lipinski definition) is 1. The van der Waals surface area contributed by atoms with Gasteiger partial charge in [-0.15, -0.1) is 0 Å². The van der Waals surface area contributed by atoms with E-state index in [1.807, 2.05) is 36.4 Å². The Morgan fingerprint density at radius 2 is 2.00 bits per heavy atom. The molecule has 0 unspecified atom stereocenters. The van der Waals surface area contributed by atoms with E-state index in [4.69, 9.17) is 4.74 Å². The fourth-order valence-electron chi connectivity index (χ4n) is 1.62. The van der Waals surface area contributed by atoms with Gasteiger partial charge in [-0.2, -0.15) is 5.10 Å². The summed E-state index contributed by atoms with van der Waals surface area (Å²) in [6.07, 6.45) is 1.78. The van der Waals surface area contributed by atoms with Crippen LogP contribution >= 0.6 is 15.9 Å². The smallest absolute Gasteiger partial charge is 0.133 e. The number of benzene rings is 2. The number of nitrogens with zero attached hydrogens (tertiary/aromatic N) is 1. The second-order valence-electron chi connectivity index (χ2n) is 3.97. The number of hydrazone groups is 1. The van der Waals surface area contributed by atoms with E-state index in [0.717, 1.165) is 15.8 Å². The van der Waals surface area contributed by atoms with Crippen LogP contribution in [-0.4, -0.2) is 13.3 Å². The molecule has 19 heavy (non-hydrogen) atoms. The van der Waals surface area contributed by atoms with Crippen molar-refractivity contribution in [3.05, 3.63) is 64.1 Å². The third-order valence-corrected chi connectivity index (χ3v) is 3.23. The standard InChI is InChI=1S/C15H15BrN2O/c1-19-15-8-7-13(9-14(15)16)11-18-17-10-12-5-3-2-4-6-12/h2-9,11,17H,10H2,1H3. The van der Waals surface area contributed by atoms with Crippen LogP contribution in [0.3, 0.4) is 0 Å². The van der Waals surface area contributed by atoms with Gasteiger partial charge in [-0.1, -0.05) is 30.3 Å². The predicted octanol–water partition coefficient (Wildman–Crippen LogP) is 3.58. The first-order chi connectivity index (χ1) is 9.29. The molecule has 0 saturated heterocycles. The molecule has 0 bridgehead atoms. The van der Waals surface area contributed by atoms with Crippen LogP contribution in [0.5, 0.6) is 5.75 Å². The van der Waals surface area contributed by atoms with E-state index in [0.29, 0.717) is 6.54 Å². The van der Waals surface area contributed by atoms with Gasteiger partial charge >= 0.3 is 0 Å². The molecule has 2 aromatic rings. The first kappa shape index (κ1) is 13.6. The van der Waals surface area contributed by atoms with Crippen LogP contribution in [-0.2, 0) is 6.54 Å². The average molecular weight is 319 g/mol. The number of rotatable bonds is 5. The molecular formula is C15H15BrN2O. The Kier molecular flexibility index (Phi) is 4.98. The van der Waals surface area contributed by atoms with E-state index in [2.05, 4.69) is 38.6 Å². The summed E-state index contributed by atoms with van der Waals surface area (Å²) < 4.78 is 6.09. The third kappa shape index (κ3) is 4.10. The molecule has 0 heterocycles. The molecule has 2 aromatic carbocycles. The summed E-state index contributed by atoms with van der Waals surface area (Å²) in [4.78, 5) is 0. The summed E-state index contributed by atoms with van der Waals surface area (Å²) in [7, 11) is 1.65. The fraction of sp³-hybridized carbons (Fsp3) is 0.133. The van der Waals surface area contributed by atoms with E-state index in [9.17, 15) is 0 Å². The highest BCUT2D eigenvalue weighted by atomic mass is 79.9. The van der Waals surface area contributed by atoms with Crippen LogP contribution in [0.4, 0.5) is 0 Å². The molecule has 1 N–H and O–H groups in total. The van der Waals surface area contributed by atoms with Crippen molar-refractivity contribution in [1.82, 2.24) is 5.43 Å². The molecule has 0 saturated carbocycles. The Morgan fingerprint density at radius 1 is 1.21 bits per heavy atom. The zero-order valence-corrected chi connectivity index (χ0v) is 12.2. The highest BCUT2D eigenvalue weighted by Crippen LogP contribution is 2.24. The van der Waals surface area contributed by atoms with Gasteiger partial charge in [-0.25, -0.2) is 0 Å². The number of nitrogens with one attached hydrogen (secondary N) is 1. The highest BCUT2D eigenvalue weighted by molar-refractivity contribution is 9.10. The molecule has 0 aliphatic carbocycles. The van der Waals surface area contributed by atoms with Gasteiger partial charge in [0.1, 0.15) is 5.75 Å². The summed E-state index contributed by atoms with van der Waals surface area (Å²) >= 11 is 3.45. The van der Waals surface area contributed by atoms with Gasteiger partial charge in [0, 0.05) is 0 Å². The van der Waals surface area contributed by atoms with Crippen LogP contribution in [0.2, 0.25) is 0 Å². The fourth-order valence-corrected chi connectivity index (χ4v) is 2.17. The number of halogens is 1. The molecular weight excluding hydrogens is 304 g/mol. The lowest BCUT2D eigenvalue weighted by molar-refractivity contribution is 0.412. The third-order valence-electron chi connectivity index (χ3n) is 2.61. The molecule has 0 amide bonds. The molecule has 0 spiro atoms. The van der Waals surface area contributed by atoms with Crippen LogP contribution in [0.15, 0.2) is 58.1 Å². The molecule has 0 aliphatic heterocycles. The molecule has 0 atom stereocenters. The molecule has 98 valence electrons. The minimum absolute atomic E-state index is 0.717. The molecule has 0 fully saturated rings. The van der Waals surface area contributed by atoms with E-state index < -0.39 is 0 Å². The van der Waals surface area contributed by atoms with Crippen LogP contribution in [0.1, 0.15) is 11.1 Å². The van der Waals surface area contributed by atoms with Gasteiger partial charge in [0.2, 0.25) is 0 Å². The van der Waals surface area contributed by atoms with E-state index >= 15 is 0 Å². The van der Waals surface area contributed by atoms with Gasteiger partial charge in [0.05, 0.1) is 24.3 Å². The van der Waals surface area contributed by atoms with Crippen molar-refractivity contribution in [3.63, 3.8) is 0 Å². The van der Waals surface area contributed by atoms with Crippen molar-refractivity contribution in [2.24, 2.45) is 5.10 Å². The van der Waals surface area contributed by atoms with Gasteiger partial charge in [-0.3, -0.25) is 0 Å². The largest absolute Gasteiger partial charge is 0.496 e. The Bertz CT molecular complexity index is 555. The van der Waals surface area contributed by atoms with Gasteiger partial charge in [0.15, 0.2) is 0 Å². The topological polar surface area (TPSA) is 33.6 Å². The summed E-state index contributed by atoms with van der Waals surface area (Å²) in [5, 5.41) is 4.20. The van der Waals surface area contributed by atoms with E-state index in [1.165, 1.54) is 5.56 Å². The molecule has 0 aliphatic rings. The van der Waals surface area contributed by atoms with Crippen molar-refractivity contribution < 1.29 is 4.74 Å². The summed E-state index contributed by atoms with van der Waals surface area (Å²) in [6.45, 7) is 0.717. The lowest BCUT2D eigenvalue weighted by Gasteiger charge is -2.03. The van der Waals surface area contributed by atoms with E-state index in [-0.39, 0.29) is 0 Å². The maximum atomic E-state index is 5.18. The van der Waals surface area contributed by atoms with Crippen LogP contribution < -0.4 is 10.2 Å². The van der Waals surface area contributed by atoms with Crippen LogP contribution in [0.25, 0.3) is 0 Å². The summed E-state index contributed by atoms with van der Waals surface area (Å²) in [5.74, 6) is 0.814. The monoisotopic (exact) mass is 318 g/mol. The Morgan fingerprint density at radius 3 is 2.68 bits per heavy atom. The number of hydrogen-bond acceptors (Lipinski definition) is 3. The first-order valence-electron chi connectivity index (χ1n) is 5.93. The Hall–Kier alpha value is -1.81. The van der Waals surface area contributed by atoms with Crippen LogP contribution in [0, 0.1) is 0 Å². The normalized spacial score (nSPS) is 10.6. The lowest BCUT2D eigenvalue weighted by atomic mass is 10.2. The average Bonchev–Trinajstić information content (AvgIpc) is 2.45. The Balaban J connectivity index is 1.90. The molecule has 4 heteroatoms. The molecule has 3 nitrogen and oxygen atoms in total. The molecule has 0 aromatic heterocycles. The van der Waals surface area contributed by atoms with Crippen molar-refractivity contribution in [3.8, 4) is 5.75 Å². The van der Waals surface area contributed by atoms with Crippen molar-refractivity contribution in [2.75, 3.05) is 7.11 Å². The molecule has 0 radical (unpaired) electrons. The van der Waals surface area contributed by atoms with E-state index in [1.54, 1.807) is 13.3 Å². The second kappa shape index (κ2) is 6.95. The lowest BCUT2D eigenvalue weighted by Crippen LogP contribution is -2.05. The highest BCUT2D eigenvalue weighted by Gasteiger charge is 1.99. The molecule has 2 rings (SSSR count). The van der Waals surface area contributed by atoms with Crippen molar-refractivity contribution in [2.45, 2.75) is 6.54 Å². The first-order valence-corrected chi connectivity index (χ1v) is 6.72. The number of methoxy groups -OCH3 is 1. The SMILES string of the molecule is COc1ccc(C=NNCc2ccccc2)cc1Br. The zero-order chi connectivity index (χ0) is 13.5. The van der Waals surface area contributed by atoms with Crippen molar-refractivity contribution in [1.29, 1.82) is 0 Å². The summed E-state index contributed by atoms with van der Waals surface area (Å²) in [5.41, 5.74) is 5.23. The van der Waals surface area contributed by atoms with Gasteiger partial charge < -0.3 is 10.2 Å².